The lowest BCUT2D eigenvalue weighted by Gasteiger charge is -2.27. The zero-order valence-electron chi connectivity index (χ0n) is 12.5. The Morgan fingerprint density at radius 3 is 2.42 bits per heavy atom. The Bertz CT molecular complexity index is 528. The number of aromatic amines is 1. The lowest BCUT2D eigenvalue weighted by Crippen LogP contribution is -2.41. The lowest BCUT2D eigenvalue weighted by molar-refractivity contribution is 0.317. The lowest BCUT2D eigenvalue weighted by atomic mass is 9.89. The third-order valence-corrected chi connectivity index (χ3v) is 4.95. The third-order valence-electron chi connectivity index (χ3n) is 3.21. The van der Waals surface area contributed by atoms with E-state index in [0.717, 1.165) is 0 Å². The molecule has 0 aromatic carbocycles. The molecule has 0 saturated carbocycles. The van der Waals surface area contributed by atoms with Gasteiger partial charge in [0.25, 0.3) is 0 Å². The fourth-order valence-electron chi connectivity index (χ4n) is 1.58. The van der Waals surface area contributed by atoms with Crippen molar-refractivity contribution in [3.63, 3.8) is 0 Å². The number of nitrogens with one attached hydrogen (secondary N) is 3. The first-order chi connectivity index (χ1) is 8.59. The van der Waals surface area contributed by atoms with Crippen LogP contribution < -0.4 is 10.0 Å². The minimum Gasteiger partial charge on any atom is -0.314 e. The first kappa shape index (κ1) is 16.1. The first-order valence-electron chi connectivity index (χ1n) is 6.30. The summed E-state index contributed by atoms with van der Waals surface area (Å²) in [5, 5.41) is 9.68. The topological polar surface area (TPSA) is 86.9 Å². The fraction of sp³-hybridized carbons (Fsp3) is 0.750. The summed E-state index contributed by atoms with van der Waals surface area (Å²) in [6.07, 6.45) is 0. The number of aryl methyl sites for hydroxylation is 1. The van der Waals surface area contributed by atoms with Crippen LogP contribution in [0.2, 0.25) is 0 Å². The summed E-state index contributed by atoms with van der Waals surface area (Å²) >= 11 is 0. The first-order valence-corrected chi connectivity index (χ1v) is 7.78. The fourth-order valence-corrected chi connectivity index (χ4v) is 3.40. The molecule has 1 aromatic rings. The van der Waals surface area contributed by atoms with Crippen molar-refractivity contribution < 1.29 is 8.42 Å². The Hall–Kier alpha value is -0.920. The van der Waals surface area contributed by atoms with Gasteiger partial charge in [0, 0.05) is 12.6 Å². The van der Waals surface area contributed by atoms with Gasteiger partial charge in [0.15, 0.2) is 0 Å². The van der Waals surface area contributed by atoms with E-state index in [-0.39, 0.29) is 16.4 Å². The van der Waals surface area contributed by atoms with Crippen LogP contribution in [-0.2, 0) is 16.6 Å². The summed E-state index contributed by atoms with van der Waals surface area (Å²) in [6.45, 7) is 9.97. The SMILES string of the molecule is CNCc1n[nH]c(C)c1S(=O)(=O)NC(C)C(C)(C)C. The highest BCUT2D eigenvalue weighted by atomic mass is 32.2. The van der Waals surface area contributed by atoms with Gasteiger partial charge in [-0.15, -0.1) is 0 Å². The molecule has 0 aliphatic heterocycles. The Morgan fingerprint density at radius 1 is 1.37 bits per heavy atom. The monoisotopic (exact) mass is 288 g/mol. The second-order valence-corrected chi connectivity index (χ2v) is 7.51. The van der Waals surface area contributed by atoms with Crippen molar-refractivity contribution >= 4 is 10.0 Å². The molecule has 0 saturated heterocycles. The summed E-state index contributed by atoms with van der Waals surface area (Å²) in [4.78, 5) is 0.248. The highest BCUT2D eigenvalue weighted by Crippen LogP contribution is 2.23. The Kier molecular flexibility index (Phi) is 4.76. The highest BCUT2D eigenvalue weighted by Gasteiger charge is 2.29. The maximum atomic E-state index is 12.5. The molecule has 0 aliphatic rings. The summed E-state index contributed by atoms with van der Waals surface area (Å²) in [5.74, 6) is 0. The molecule has 6 nitrogen and oxygen atoms in total. The van der Waals surface area contributed by atoms with Crippen molar-refractivity contribution in [1.82, 2.24) is 20.2 Å². The van der Waals surface area contributed by atoms with Crippen molar-refractivity contribution in [1.29, 1.82) is 0 Å². The van der Waals surface area contributed by atoms with Gasteiger partial charge in [-0.25, -0.2) is 13.1 Å². The van der Waals surface area contributed by atoms with Crippen LogP contribution in [0.3, 0.4) is 0 Å². The minimum absolute atomic E-state index is 0.145. The molecule has 0 spiro atoms. The number of nitrogens with zero attached hydrogens (tertiary/aromatic N) is 1. The number of H-pyrrole nitrogens is 1. The van der Waals surface area contributed by atoms with E-state index < -0.39 is 10.0 Å². The average molecular weight is 288 g/mol. The maximum Gasteiger partial charge on any atom is 0.244 e. The summed E-state index contributed by atoms with van der Waals surface area (Å²) in [7, 11) is -1.81. The third kappa shape index (κ3) is 3.77. The van der Waals surface area contributed by atoms with Crippen LogP contribution in [0, 0.1) is 12.3 Å². The number of hydrogen-bond acceptors (Lipinski definition) is 4. The molecule has 0 bridgehead atoms. The molecular weight excluding hydrogens is 264 g/mol. The van der Waals surface area contributed by atoms with E-state index in [1.54, 1.807) is 14.0 Å². The molecule has 0 amide bonds. The summed E-state index contributed by atoms with van der Waals surface area (Å²) < 4.78 is 27.7. The van der Waals surface area contributed by atoms with Gasteiger partial charge in [0.05, 0.1) is 11.4 Å². The van der Waals surface area contributed by atoms with E-state index in [0.29, 0.717) is 17.9 Å². The van der Waals surface area contributed by atoms with Crippen molar-refractivity contribution in [3.8, 4) is 0 Å². The molecule has 19 heavy (non-hydrogen) atoms. The van der Waals surface area contributed by atoms with E-state index in [9.17, 15) is 8.42 Å². The van der Waals surface area contributed by atoms with Gasteiger partial charge in [-0.05, 0) is 26.3 Å². The van der Waals surface area contributed by atoms with E-state index >= 15 is 0 Å². The second kappa shape index (κ2) is 5.60. The van der Waals surface area contributed by atoms with Gasteiger partial charge in [-0.1, -0.05) is 20.8 Å². The molecule has 1 rings (SSSR count). The van der Waals surface area contributed by atoms with Gasteiger partial charge in [-0.2, -0.15) is 5.10 Å². The van der Waals surface area contributed by atoms with Gasteiger partial charge in [0.1, 0.15) is 4.90 Å². The predicted octanol–water partition coefficient (Wildman–Crippen LogP) is 1.15. The van der Waals surface area contributed by atoms with Crippen molar-refractivity contribution in [3.05, 3.63) is 11.4 Å². The molecule has 7 heteroatoms. The number of sulfonamides is 1. The Labute approximate surface area is 115 Å². The van der Waals surface area contributed by atoms with Crippen LogP contribution >= 0.6 is 0 Å². The predicted molar refractivity (Wildman–Crippen MR) is 75.3 cm³/mol. The molecule has 110 valence electrons. The van der Waals surface area contributed by atoms with Crippen molar-refractivity contribution in [2.24, 2.45) is 5.41 Å². The van der Waals surface area contributed by atoms with E-state index in [1.165, 1.54) is 0 Å². The van der Waals surface area contributed by atoms with E-state index in [4.69, 9.17) is 0 Å². The van der Waals surface area contributed by atoms with Crippen LogP contribution in [0.4, 0.5) is 0 Å². The van der Waals surface area contributed by atoms with Crippen molar-refractivity contribution in [2.75, 3.05) is 7.05 Å². The smallest absolute Gasteiger partial charge is 0.244 e. The number of hydrogen-bond donors (Lipinski definition) is 3. The zero-order chi connectivity index (χ0) is 14.8. The van der Waals surface area contributed by atoms with Crippen LogP contribution in [-0.4, -0.2) is 31.7 Å². The molecule has 1 unspecified atom stereocenters. The number of rotatable bonds is 5. The molecular formula is C12H24N4O2S. The standard InChI is InChI=1S/C12H24N4O2S/c1-8-11(10(7-13-6)15-14-8)19(17,18)16-9(2)12(3,4)5/h9,13,16H,7H2,1-6H3,(H,14,15). The highest BCUT2D eigenvalue weighted by molar-refractivity contribution is 7.89. The molecule has 0 radical (unpaired) electrons. The molecule has 1 aromatic heterocycles. The zero-order valence-corrected chi connectivity index (χ0v) is 13.3. The van der Waals surface area contributed by atoms with Crippen LogP contribution in [0.1, 0.15) is 39.1 Å². The number of aromatic nitrogens is 2. The second-order valence-electron chi connectivity index (χ2n) is 5.86. The van der Waals surface area contributed by atoms with E-state index in [2.05, 4.69) is 20.2 Å². The molecule has 1 heterocycles. The van der Waals surface area contributed by atoms with Crippen LogP contribution in [0.5, 0.6) is 0 Å². The molecule has 0 fully saturated rings. The molecule has 1 atom stereocenters. The minimum atomic E-state index is -3.57. The van der Waals surface area contributed by atoms with E-state index in [1.807, 2.05) is 27.7 Å². The largest absolute Gasteiger partial charge is 0.314 e. The Morgan fingerprint density at radius 2 is 1.95 bits per heavy atom. The molecule has 3 N–H and O–H groups in total. The van der Waals surface area contributed by atoms with Crippen molar-refractivity contribution in [2.45, 2.75) is 52.1 Å². The van der Waals surface area contributed by atoms with Crippen LogP contribution in [0.25, 0.3) is 0 Å². The maximum absolute atomic E-state index is 12.5. The van der Waals surface area contributed by atoms with Gasteiger partial charge in [-0.3, -0.25) is 5.10 Å². The normalized spacial score (nSPS) is 14.6. The van der Waals surface area contributed by atoms with Gasteiger partial charge in [0.2, 0.25) is 10.0 Å². The Balaban J connectivity index is 3.11. The van der Waals surface area contributed by atoms with Gasteiger partial charge < -0.3 is 5.32 Å². The van der Waals surface area contributed by atoms with Crippen LogP contribution in [0.15, 0.2) is 4.90 Å². The molecule has 0 aliphatic carbocycles. The van der Waals surface area contributed by atoms with Gasteiger partial charge >= 0.3 is 0 Å². The average Bonchev–Trinajstić information content (AvgIpc) is 2.59. The summed E-state index contributed by atoms with van der Waals surface area (Å²) in [5.41, 5.74) is 0.918. The summed E-state index contributed by atoms with van der Waals surface area (Å²) in [6, 6.07) is -0.172. The quantitative estimate of drug-likeness (QED) is 0.758.